The number of rotatable bonds is 3. The molecular formula is C18H34O. The average Bonchev–Trinajstić information content (AvgIpc) is 2.52. The monoisotopic (exact) mass is 266 g/mol. The first kappa shape index (κ1) is 15.4. The van der Waals surface area contributed by atoms with Crippen molar-refractivity contribution >= 4 is 0 Å². The minimum Gasteiger partial charge on any atom is -0.390 e. The minimum atomic E-state index is -0.328. The van der Waals surface area contributed by atoms with Crippen molar-refractivity contribution in [2.75, 3.05) is 0 Å². The summed E-state index contributed by atoms with van der Waals surface area (Å²) in [5.41, 5.74) is -0.328. The van der Waals surface area contributed by atoms with Gasteiger partial charge in [-0.15, -0.1) is 0 Å². The van der Waals surface area contributed by atoms with Crippen molar-refractivity contribution in [3.8, 4) is 0 Å². The van der Waals surface area contributed by atoms with Crippen LogP contribution in [-0.4, -0.2) is 10.7 Å². The van der Waals surface area contributed by atoms with Gasteiger partial charge in [0.25, 0.3) is 0 Å². The van der Waals surface area contributed by atoms with E-state index in [0.29, 0.717) is 5.92 Å². The fourth-order valence-corrected chi connectivity index (χ4v) is 4.91. The second-order valence-corrected chi connectivity index (χ2v) is 7.80. The Morgan fingerprint density at radius 2 is 1.68 bits per heavy atom. The molecule has 0 radical (unpaired) electrons. The second-order valence-electron chi connectivity index (χ2n) is 7.80. The Hall–Kier alpha value is -0.0400. The molecule has 112 valence electrons. The van der Waals surface area contributed by atoms with Crippen LogP contribution in [0.1, 0.15) is 85.0 Å². The molecule has 4 unspecified atom stereocenters. The van der Waals surface area contributed by atoms with E-state index >= 15 is 0 Å². The van der Waals surface area contributed by atoms with E-state index in [4.69, 9.17) is 0 Å². The zero-order valence-corrected chi connectivity index (χ0v) is 13.3. The van der Waals surface area contributed by atoms with Crippen molar-refractivity contribution in [3.05, 3.63) is 0 Å². The Morgan fingerprint density at radius 1 is 1.00 bits per heavy atom. The quantitative estimate of drug-likeness (QED) is 0.699. The van der Waals surface area contributed by atoms with Gasteiger partial charge in [-0.3, -0.25) is 0 Å². The summed E-state index contributed by atoms with van der Waals surface area (Å²) in [6, 6.07) is 0. The Kier molecular flexibility index (Phi) is 5.34. The third-order valence-corrected chi connectivity index (χ3v) is 5.84. The van der Waals surface area contributed by atoms with E-state index in [2.05, 4.69) is 20.8 Å². The molecule has 2 fully saturated rings. The zero-order chi connectivity index (χ0) is 13.9. The van der Waals surface area contributed by atoms with E-state index in [0.717, 1.165) is 30.6 Å². The van der Waals surface area contributed by atoms with Gasteiger partial charge in [-0.25, -0.2) is 0 Å². The van der Waals surface area contributed by atoms with Gasteiger partial charge < -0.3 is 5.11 Å². The predicted octanol–water partition coefficient (Wildman–Crippen LogP) is 5.17. The van der Waals surface area contributed by atoms with Gasteiger partial charge in [0, 0.05) is 0 Å². The summed E-state index contributed by atoms with van der Waals surface area (Å²) in [5, 5.41) is 11.2. The van der Waals surface area contributed by atoms with Crippen molar-refractivity contribution in [2.24, 2.45) is 23.7 Å². The van der Waals surface area contributed by atoms with Crippen molar-refractivity contribution < 1.29 is 5.11 Å². The lowest BCUT2D eigenvalue weighted by molar-refractivity contribution is -0.0603. The van der Waals surface area contributed by atoms with Crippen molar-refractivity contribution in [3.63, 3.8) is 0 Å². The number of aliphatic hydroxyl groups is 1. The van der Waals surface area contributed by atoms with Gasteiger partial charge in [-0.05, 0) is 62.2 Å². The van der Waals surface area contributed by atoms with Crippen molar-refractivity contribution in [1.29, 1.82) is 0 Å². The first-order chi connectivity index (χ1) is 9.03. The van der Waals surface area contributed by atoms with Gasteiger partial charge in [0.05, 0.1) is 5.60 Å². The molecule has 1 nitrogen and oxygen atoms in total. The van der Waals surface area contributed by atoms with Crippen LogP contribution in [0.3, 0.4) is 0 Å². The Labute approximate surface area is 120 Å². The van der Waals surface area contributed by atoms with Crippen LogP contribution < -0.4 is 0 Å². The summed E-state index contributed by atoms with van der Waals surface area (Å²) in [4.78, 5) is 0. The molecule has 0 amide bonds. The van der Waals surface area contributed by atoms with Crippen LogP contribution in [0, 0.1) is 23.7 Å². The molecule has 4 atom stereocenters. The smallest absolute Gasteiger partial charge is 0.0676 e. The molecule has 1 heteroatoms. The van der Waals surface area contributed by atoms with E-state index in [-0.39, 0.29) is 5.60 Å². The third-order valence-electron chi connectivity index (χ3n) is 5.84. The van der Waals surface area contributed by atoms with Crippen LogP contribution in [-0.2, 0) is 0 Å². The standard InChI is InChI=1S/C18H34O/c1-4-6-16-7-5-9-18(19,10-8-16)17-12-14(2)11-15(3)13-17/h14-17,19H,4-13H2,1-3H3. The minimum absolute atomic E-state index is 0.328. The van der Waals surface area contributed by atoms with Crippen LogP contribution in [0.4, 0.5) is 0 Å². The Bertz CT molecular complexity index is 265. The molecule has 0 aliphatic heterocycles. The van der Waals surface area contributed by atoms with E-state index in [9.17, 15) is 5.11 Å². The summed E-state index contributed by atoms with van der Waals surface area (Å²) in [5.74, 6) is 3.09. The highest BCUT2D eigenvalue weighted by Gasteiger charge is 2.41. The number of hydrogen-bond donors (Lipinski definition) is 1. The SMILES string of the molecule is CCCC1CCCC(O)(C2CC(C)CC(C)C2)CC1. The fraction of sp³-hybridized carbons (Fsp3) is 1.00. The van der Waals surface area contributed by atoms with Crippen molar-refractivity contribution in [2.45, 2.75) is 90.6 Å². The highest BCUT2D eigenvalue weighted by molar-refractivity contribution is 4.93. The molecule has 0 aromatic carbocycles. The van der Waals surface area contributed by atoms with Gasteiger partial charge in [0.1, 0.15) is 0 Å². The van der Waals surface area contributed by atoms with Crippen LogP contribution in [0.15, 0.2) is 0 Å². The molecule has 0 heterocycles. The van der Waals surface area contributed by atoms with E-state index < -0.39 is 0 Å². The molecular weight excluding hydrogens is 232 g/mol. The molecule has 1 N–H and O–H groups in total. The molecule has 0 bridgehead atoms. The summed E-state index contributed by atoms with van der Waals surface area (Å²) in [6.07, 6.45) is 12.6. The molecule has 2 aliphatic rings. The summed E-state index contributed by atoms with van der Waals surface area (Å²) in [6.45, 7) is 7.05. The molecule has 0 aromatic rings. The Morgan fingerprint density at radius 3 is 2.32 bits per heavy atom. The van der Waals surface area contributed by atoms with Crippen molar-refractivity contribution in [1.82, 2.24) is 0 Å². The van der Waals surface area contributed by atoms with Gasteiger partial charge in [-0.1, -0.05) is 46.5 Å². The molecule has 2 rings (SSSR count). The van der Waals surface area contributed by atoms with E-state index in [1.165, 1.54) is 51.4 Å². The van der Waals surface area contributed by atoms with Gasteiger partial charge in [0.2, 0.25) is 0 Å². The van der Waals surface area contributed by atoms with Crippen LogP contribution >= 0.6 is 0 Å². The molecule has 0 spiro atoms. The molecule has 2 saturated carbocycles. The highest BCUT2D eigenvalue weighted by atomic mass is 16.3. The third kappa shape index (κ3) is 3.97. The van der Waals surface area contributed by atoms with E-state index in [1.54, 1.807) is 0 Å². The van der Waals surface area contributed by atoms with Gasteiger partial charge >= 0.3 is 0 Å². The second kappa shape index (κ2) is 6.61. The lowest BCUT2D eigenvalue weighted by atomic mass is 9.67. The highest BCUT2D eigenvalue weighted by Crippen LogP contribution is 2.45. The fourth-order valence-electron chi connectivity index (χ4n) is 4.91. The molecule has 19 heavy (non-hydrogen) atoms. The normalized spacial score (nSPS) is 44.8. The maximum atomic E-state index is 11.2. The first-order valence-electron chi connectivity index (χ1n) is 8.76. The molecule has 0 saturated heterocycles. The maximum absolute atomic E-state index is 11.2. The zero-order valence-electron chi connectivity index (χ0n) is 13.3. The largest absolute Gasteiger partial charge is 0.390 e. The van der Waals surface area contributed by atoms with Crippen LogP contribution in [0.5, 0.6) is 0 Å². The molecule has 2 aliphatic carbocycles. The van der Waals surface area contributed by atoms with Gasteiger partial charge in [-0.2, -0.15) is 0 Å². The van der Waals surface area contributed by atoms with E-state index in [1.807, 2.05) is 0 Å². The maximum Gasteiger partial charge on any atom is 0.0676 e. The Balaban J connectivity index is 1.97. The molecule has 0 aromatic heterocycles. The lowest BCUT2D eigenvalue weighted by Crippen LogP contribution is -2.41. The van der Waals surface area contributed by atoms with Crippen LogP contribution in [0.25, 0.3) is 0 Å². The van der Waals surface area contributed by atoms with Crippen LogP contribution in [0.2, 0.25) is 0 Å². The number of hydrogen-bond acceptors (Lipinski definition) is 1. The average molecular weight is 266 g/mol. The predicted molar refractivity (Wildman–Crippen MR) is 82.1 cm³/mol. The summed E-state index contributed by atoms with van der Waals surface area (Å²) >= 11 is 0. The topological polar surface area (TPSA) is 20.2 Å². The first-order valence-corrected chi connectivity index (χ1v) is 8.76. The summed E-state index contributed by atoms with van der Waals surface area (Å²) in [7, 11) is 0. The summed E-state index contributed by atoms with van der Waals surface area (Å²) < 4.78 is 0. The van der Waals surface area contributed by atoms with Gasteiger partial charge in [0.15, 0.2) is 0 Å². The lowest BCUT2D eigenvalue weighted by Gasteiger charge is -2.42.